The van der Waals surface area contributed by atoms with Crippen molar-refractivity contribution in [1.29, 1.82) is 0 Å². The van der Waals surface area contributed by atoms with Crippen molar-refractivity contribution in [3.05, 3.63) is 119 Å². The molecular formula is C26H19FN2O3S2. The van der Waals surface area contributed by atoms with E-state index >= 15 is 0 Å². The number of fused-ring (bicyclic) bond motifs is 1. The third-order valence-corrected chi connectivity index (χ3v) is 7.29. The number of hydrogen-bond acceptors (Lipinski definition) is 6. The van der Waals surface area contributed by atoms with E-state index in [0.717, 1.165) is 10.4 Å². The number of hydrogen-bond donors (Lipinski definition) is 0. The molecule has 2 aromatic heterocycles. The lowest BCUT2D eigenvalue weighted by Gasteiger charge is -2.24. The van der Waals surface area contributed by atoms with Gasteiger partial charge in [0, 0.05) is 16.0 Å². The molecule has 0 bridgehead atoms. The van der Waals surface area contributed by atoms with Crippen LogP contribution in [-0.2, 0) is 9.53 Å². The van der Waals surface area contributed by atoms with Gasteiger partial charge >= 0.3 is 5.97 Å². The molecule has 0 N–H and O–H groups in total. The third kappa shape index (κ3) is 3.95. The minimum absolute atomic E-state index is 0.194. The molecule has 0 amide bonds. The first-order valence-corrected chi connectivity index (χ1v) is 12.3. The number of thiazole rings is 1. The van der Waals surface area contributed by atoms with E-state index in [4.69, 9.17) is 9.73 Å². The Balaban J connectivity index is 1.83. The second kappa shape index (κ2) is 9.32. The minimum atomic E-state index is -0.701. The van der Waals surface area contributed by atoms with Crippen molar-refractivity contribution >= 4 is 40.4 Å². The average Bonchev–Trinajstić information content (AvgIpc) is 3.49. The van der Waals surface area contributed by atoms with Gasteiger partial charge in [-0.2, -0.15) is 0 Å². The molecule has 0 fully saturated rings. The van der Waals surface area contributed by atoms with Crippen molar-refractivity contribution in [2.45, 2.75) is 13.0 Å². The summed E-state index contributed by atoms with van der Waals surface area (Å²) in [6.07, 6.45) is 1.53. The molecule has 5 nitrogen and oxygen atoms in total. The molecule has 170 valence electrons. The molecule has 5 rings (SSSR count). The van der Waals surface area contributed by atoms with Crippen molar-refractivity contribution in [2.24, 2.45) is 4.99 Å². The monoisotopic (exact) mass is 490 g/mol. The molecule has 0 saturated carbocycles. The van der Waals surface area contributed by atoms with Gasteiger partial charge < -0.3 is 4.74 Å². The zero-order valence-corrected chi connectivity index (χ0v) is 19.7. The van der Waals surface area contributed by atoms with Gasteiger partial charge in [0.1, 0.15) is 11.9 Å². The van der Waals surface area contributed by atoms with Gasteiger partial charge in [-0.05, 0) is 30.5 Å². The second-order valence-corrected chi connectivity index (χ2v) is 9.46. The number of thiophene rings is 1. The van der Waals surface area contributed by atoms with Gasteiger partial charge in [0.05, 0.1) is 22.4 Å². The Bertz CT molecular complexity index is 1570. The van der Waals surface area contributed by atoms with Crippen LogP contribution in [0.15, 0.2) is 87.5 Å². The summed E-state index contributed by atoms with van der Waals surface area (Å²) in [7, 11) is 0. The van der Waals surface area contributed by atoms with Crippen LogP contribution >= 0.6 is 22.7 Å². The first kappa shape index (κ1) is 22.2. The zero-order valence-electron chi connectivity index (χ0n) is 18.1. The summed E-state index contributed by atoms with van der Waals surface area (Å²) < 4.78 is 21.6. The van der Waals surface area contributed by atoms with Crippen molar-refractivity contribution in [3.8, 4) is 0 Å². The Labute approximate surface area is 202 Å². The first-order valence-electron chi connectivity index (χ1n) is 10.6. The fourth-order valence-electron chi connectivity index (χ4n) is 3.89. The molecule has 1 aliphatic rings. The molecule has 1 aliphatic heterocycles. The predicted octanol–water partition coefficient (Wildman–Crippen LogP) is 4.14. The van der Waals surface area contributed by atoms with Gasteiger partial charge in [0.2, 0.25) is 0 Å². The van der Waals surface area contributed by atoms with Crippen LogP contribution in [0.1, 0.15) is 29.0 Å². The number of esters is 1. The predicted molar refractivity (Wildman–Crippen MR) is 132 cm³/mol. The number of aromatic nitrogens is 1. The molecule has 0 radical (unpaired) electrons. The second-order valence-electron chi connectivity index (χ2n) is 7.47. The average molecular weight is 491 g/mol. The lowest BCUT2D eigenvalue weighted by Crippen LogP contribution is -2.39. The highest BCUT2D eigenvalue weighted by Gasteiger charge is 2.35. The summed E-state index contributed by atoms with van der Waals surface area (Å²) in [5.41, 5.74) is 1.50. The van der Waals surface area contributed by atoms with Crippen molar-refractivity contribution < 1.29 is 13.9 Å². The summed E-state index contributed by atoms with van der Waals surface area (Å²) in [5, 5.41) is 1.90. The fraction of sp³-hybridized carbons (Fsp3) is 0.115. The number of ether oxygens (including phenoxy) is 1. The van der Waals surface area contributed by atoms with Gasteiger partial charge in [0.15, 0.2) is 4.80 Å². The molecule has 3 heterocycles. The lowest BCUT2D eigenvalue weighted by molar-refractivity contribution is -0.138. The summed E-state index contributed by atoms with van der Waals surface area (Å²) in [6.45, 7) is 1.93. The SMILES string of the molecule is CCOC(=O)C1=C(c2ccccc2)N=c2s/c(=C\c3ccccc3F)c(=O)n2[C@@H]1c1cccs1. The normalized spacial score (nSPS) is 15.7. The number of nitrogens with zero attached hydrogens (tertiary/aromatic N) is 2. The Morgan fingerprint density at radius 1 is 1.12 bits per heavy atom. The summed E-state index contributed by atoms with van der Waals surface area (Å²) in [6, 6.07) is 18.7. The molecule has 2 aromatic carbocycles. The van der Waals surface area contributed by atoms with Crippen LogP contribution in [-0.4, -0.2) is 17.1 Å². The maximum Gasteiger partial charge on any atom is 0.338 e. The van der Waals surface area contributed by atoms with E-state index in [2.05, 4.69) is 0 Å². The molecule has 8 heteroatoms. The molecule has 1 atom stereocenters. The van der Waals surface area contributed by atoms with Crippen LogP contribution in [0, 0.1) is 5.82 Å². The van der Waals surface area contributed by atoms with Crippen molar-refractivity contribution in [1.82, 2.24) is 4.57 Å². The van der Waals surface area contributed by atoms with Crippen LogP contribution in [0.25, 0.3) is 11.8 Å². The summed E-state index contributed by atoms with van der Waals surface area (Å²) >= 11 is 2.62. The van der Waals surface area contributed by atoms with Gasteiger partial charge in [-0.25, -0.2) is 14.2 Å². The Morgan fingerprint density at radius 3 is 2.59 bits per heavy atom. The van der Waals surface area contributed by atoms with E-state index in [-0.39, 0.29) is 12.2 Å². The highest BCUT2D eigenvalue weighted by atomic mass is 32.1. The number of carbonyl (C=O) groups excluding carboxylic acids is 1. The van der Waals surface area contributed by atoms with Crippen LogP contribution in [0.5, 0.6) is 0 Å². The van der Waals surface area contributed by atoms with Crippen LogP contribution in [0.3, 0.4) is 0 Å². The van der Waals surface area contributed by atoms with Gasteiger partial charge in [-0.3, -0.25) is 9.36 Å². The van der Waals surface area contributed by atoms with E-state index in [1.807, 2.05) is 47.8 Å². The largest absolute Gasteiger partial charge is 0.463 e. The standard InChI is InChI=1S/C26H19FN2O3S2/c1-2-32-25(31)21-22(16-9-4-3-5-10-16)28-26-29(23(21)19-13-8-14-33-19)24(30)20(34-26)15-17-11-6-7-12-18(17)27/h3-15,23H,2H2,1H3/b20-15-/t23-/m1/s1. The van der Waals surface area contributed by atoms with Crippen molar-refractivity contribution in [2.75, 3.05) is 6.61 Å². The van der Waals surface area contributed by atoms with E-state index in [1.54, 1.807) is 25.1 Å². The topological polar surface area (TPSA) is 60.7 Å². The molecule has 34 heavy (non-hydrogen) atoms. The van der Waals surface area contributed by atoms with Gasteiger partial charge in [-0.15, -0.1) is 11.3 Å². The van der Waals surface area contributed by atoms with E-state index in [0.29, 0.717) is 26.2 Å². The van der Waals surface area contributed by atoms with Crippen molar-refractivity contribution in [3.63, 3.8) is 0 Å². The summed E-state index contributed by atoms with van der Waals surface area (Å²) in [5.74, 6) is -0.938. The Morgan fingerprint density at radius 2 is 1.88 bits per heavy atom. The maximum atomic E-state index is 14.3. The van der Waals surface area contributed by atoms with E-state index in [9.17, 15) is 14.0 Å². The number of carbonyl (C=O) groups is 1. The minimum Gasteiger partial charge on any atom is -0.463 e. The molecule has 0 unspecified atom stereocenters. The van der Waals surface area contributed by atoms with Crippen LogP contribution in [0.4, 0.5) is 4.39 Å². The smallest absolute Gasteiger partial charge is 0.338 e. The first-order chi connectivity index (χ1) is 16.6. The molecular weight excluding hydrogens is 471 g/mol. The highest BCUT2D eigenvalue weighted by molar-refractivity contribution is 7.10. The van der Waals surface area contributed by atoms with Gasteiger partial charge in [-0.1, -0.05) is 65.9 Å². The Hall–Kier alpha value is -3.62. The fourth-order valence-corrected chi connectivity index (χ4v) is 5.71. The molecule has 0 spiro atoms. The molecule has 4 aromatic rings. The van der Waals surface area contributed by atoms with Crippen LogP contribution in [0.2, 0.25) is 0 Å². The van der Waals surface area contributed by atoms with E-state index < -0.39 is 17.8 Å². The third-order valence-electron chi connectivity index (χ3n) is 5.38. The number of benzene rings is 2. The maximum absolute atomic E-state index is 14.3. The molecule has 0 saturated heterocycles. The van der Waals surface area contributed by atoms with Crippen LogP contribution < -0.4 is 14.9 Å². The quantitative estimate of drug-likeness (QED) is 0.395. The van der Waals surface area contributed by atoms with Gasteiger partial charge in [0.25, 0.3) is 5.56 Å². The van der Waals surface area contributed by atoms with E-state index in [1.165, 1.54) is 39.4 Å². The molecule has 0 aliphatic carbocycles. The highest BCUT2D eigenvalue weighted by Crippen LogP contribution is 2.36. The zero-order chi connectivity index (χ0) is 23.7. The lowest BCUT2D eigenvalue weighted by atomic mass is 9.97. The summed E-state index contributed by atoms with van der Waals surface area (Å²) in [4.78, 5) is 32.8. The Kier molecular flexibility index (Phi) is 6.08. The number of halogens is 1. The number of rotatable bonds is 5.